The molecule has 0 aliphatic rings. The average molecular weight is 453 g/mol. The molecule has 0 aromatic heterocycles. The quantitative estimate of drug-likeness (QED) is 0.127. The van der Waals surface area contributed by atoms with Gasteiger partial charge in [0.25, 0.3) is 0 Å². The second kappa shape index (κ2) is 24.1. The maximum absolute atomic E-state index is 2.51. The number of nitrogens with zero attached hydrogens (tertiary/aromatic N) is 2. The van der Waals surface area contributed by atoms with E-state index in [1.807, 2.05) is 0 Å². The lowest BCUT2D eigenvalue weighted by Gasteiger charge is -2.37. The Balaban J connectivity index is 3.94. The van der Waals surface area contributed by atoms with Crippen LogP contribution in [0.3, 0.4) is 0 Å². The van der Waals surface area contributed by atoms with Crippen LogP contribution in [0.4, 0.5) is 0 Å². The van der Waals surface area contributed by atoms with Crippen LogP contribution >= 0.6 is 0 Å². The molecule has 0 spiro atoms. The summed E-state index contributed by atoms with van der Waals surface area (Å²) in [6, 6.07) is 1.41. The number of hydrogen-bond donors (Lipinski definition) is 0. The van der Waals surface area contributed by atoms with Crippen LogP contribution in [0.2, 0.25) is 0 Å². The summed E-state index contributed by atoms with van der Waals surface area (Å²) in [5, 5.41) is 0. The van der Waals surface area contributed by atoms with Crippen LogP contribution in [0.15, 0.2) is 0 Å². The van der Waals surface area contributed by atoms with Crippen LogP contribution in [-0.4, -0.2) is 50.1 Å². The molecule has 194 valence electrons. The zero-order valence-electron chi connectivity index (χ0n) is 23.6. The fourth-order valence-corrected chi connectivity index (χ4v) is 5.27. The first-order valence-corrected chi connectivity index (χ1v) is 14.9. The molecule has 2 nitrogen and oxygen atoms in total. The Labute approximate surface area is 205 Å². The van der Waals surface area contributed by atoms with Crippen molar-refractivity contribution in [2.75, 3.05) is 28.2 Å². The van der Waals surface area contributed by atoms with Crippen molar-refractivity contribution in [3.8, 4) is 0 Å². The van der Waals surface area contributed by atoms with Crippen molar-refractivity contribution in [2.24, 2.45) is 0 Å². The third kappa shape index (κ3) is 19.4. The third-order valence-corrected chi connectivity index (χ3v) is 7.48. The molecule has 0 heterocycles. The zero-order chi connectivity index (χ0) is 23.9. The van der Waals surface area contributed by atoms with Gasteiger partial charge < -0.3 is 9.80 Å². The molecule has 0 aromatic carbocycles. The van der Waals surface area contributed by atoms with Crippen molar-refractivity contribution >= 4 is 0 Å². The highest BCUT2D eigenvalue weighted by atomic mass is 15.2. The van der Waals surface area contributed by atoms with Gasteiger partial charge in [0.15, 0.2) is 0 Å². The van der Waals surface area contributed by atoms with Crippen molar-refractivity contribution in [3.63, 3.8) is 0 Å². The SMILES string of the molecule is CCCCCCCCCCCCC(C(CCCCCCCCCCCC)N(C)C)N(C)C. The van der Waals surface area contributed by atoms with Gasteiger partial charge in [-0.3, -0.25) is 0 Å². The number of hydrogen-bond acceptors (Lipinski definition) is 2. The Bertz CT molecular complexity index is 319. The van der Waals surface area contributed by atoms with E-state index in [0.29, 0.717) is 12.1 Å². The van der Waals surface area contributed by atoms with Crippen molar-refractivity contribution in [2.45, 2.75) is 167 Å². The molecule has 2 atom stereocenters. The lowest BCUT2D eigenvalue weighted by Crippen LogP contribution is -2.46. The van der Waals surface area contributed by atoms with Crippen LogP contribution in [0.25, 0.3) is 0 Å². The van der Waals surface area contributed by atoms with Crippen molar-refractivity contribution in [1.29, 1.82) is 0 Å². The molecule has 0 saturated carbocycles. The Hall–Kier alpha value is -0.0800. The molecule has 2 unspecified atom stereocenters. The van der Waals surface area contributed by atoms with E-state index < -0.39 is 0 Å². The summed E-state index contributed by atoms with van der Waals surface area (Å²) in [5.41, 5.74) is 0. The van der Waals surface area contributed by atoms with Gasteiger partial charge in [0.1, 0.15) is 0 Å². The van der Waals surface area contributed by atoms with Gasteiger partial charge in [-0.2, -0.15) is 0 Å². The van der Waals surface area contributed by atoms with Crippen LogP contribution in [-0.2, 0) is 0 Å². The molecule has 0 N–H and O–H groups in total. The molecule has 0 aromatic rings. The van der Waals surface area contributed by atoms with Gasteiger partial charge in [0.2, 0.25) is 0 Å². The van der Waals surface area contributed by atoms with Crippen molar-refractivity contribution < 1.29 is 0 Å². The molecule has 0 fully saturated rings. The van der Waals surface area contributed by atoms with Gasteiger partial charge in [-0.25, -0.2) is 0 Å². The molecule has 0 radical (unpaired) electrons. The van der Waals surface area contributed by atoms with Crippen LogP contribution in [0.1, 0.15) is 155 Å². The van der Waals surface area contributed by atoms with E-state index in [0.717, 1.165) is 0 Å². The lowest BCUT2D eigenvalue weighted by atomic mass is 9.93. The molecule has 2 heteroatoms. The molecular formula is C30H64N2. The summed E-state index contributed by atoms with van der Waals surface area (Å²) < 4.78 is 0. The van der Waals surface area contributed by atoms with Gasteiger partial charge in [-0.1, -0.05) is 142 Å². The second-order valence-electron chi connectivity index (χ2n) is 11.0. The van der Waals surface area contributed by atoms with Gasteiger partial charge >= 0.3 is 0 Å². The molecule has 32 heavy (non-hydrogen) atoms. The summed E-state index contributed by atoms with van der Waals surface area (Å²) in [7, 11) is 9.21. The predicted molar refractivity (Wildman–Crippen MR) is 148 cm³/mol. The number of unbranched alkanes of at least 4 members (excludes halogenated alkanes) is 18. The Morgan fingerprint density at radius 3 is 0.781 bits per heavy atom. The van der Waals surface area contributed by atoms with E-state index in [4.69, 9.17) is 0 Å². The Morgan fingerprint density at radius 1 is 0.344 bits per heavy atom. The highest BCUT2D eigenvalue weighted by Crippen LogP contribution is 2.21. The fourth-order valence-electron chi connectivity index (χ4n) is 5.27. The first kappa shape index (κ1) is 31.9. The molecule has 0 aliphatic heterocycles. The van der Waals surface area contributed by atoms with E-state index in [1.54, 1.807) is 0 Å². The fraction of sp³-hybridized carbons (Fsp3) is 1.00. The molecule has 0 rings (SSSR count). The summed E-state index contributed by atoms with van der Waals surface area (Å²) in [6.45, 7) is 4.61. The predicted octanol–water partition coefficient (Wildman–Crippen LogP) is 9.47. The summed E-state index contributed by atoms with van der Waals surface area (Å²) in [5.74, 6) is 0. The summed E-state index contributed by atoms with van der Waals surface area (Å²) in [4.78, 5) is 5.02. The minimum Gasteiger partial charge on any atom is -0.305 e. The Morgan fingerprint density at radius 2 is 0.562 bits per heavy atom. The van der Waals surface area contributed by atoms with E-state index >= 15 is 0 Å². The number of rotatable bonds is 25. The summed E-state index contributed by atoms with van der Waals surface area (Å²) in [6.07, 6.45) is 31.4. The number of likely N-dealkylation sites (N-methyl/N-ethyl adjacent to an activating group) is 2. The minimum atomic E-state index is 0.706. The first-order valence-electron chi connectivity index (χ1n) is 14.9. The molecule has 0 bridgehead atoms. The zero-order valence-corrected chi connectivity index (χ0v) is 23.6. The van der Waals surface area contributed by atoms with Crippen molar-refractivity contribution in [1.82, 2.24) is 9.80 Å². The topological polar surface area (TPSA) is 6.48 Å². The average Bonchev–Trinajstić information content (AvgIpc) is 2.76. The van der Waals surface area contributed by atoms with Gasteiger partial charge in [-0.15, -0.1) is 0 Å². The van der Waals surface area contributed by atoms with Gasteiger partial charge in [-0.05, 0) is 41.0 Å². The summed E-state index contributed by atoms with van der Waals surface area (Å²) >= 11 is 0. The van der Waals surface area contributed by atoms with E-state index in [1.165, 1.54) is 141 Å². The normalized spacial score (nSPS) is 13.9. The molecular weight excluding hydrogens is 388 g/mol. The van der Waals surface area contributed by atoms with Gasteiger partial charge in [0.05, 0.1) is 0 Å². The van der Waals surface area contributed by atoms with Crippen LogP contribution in [0, 0.1) is 0 Å². The standard InChI is InChI=1S/C30H64N2/c1-7-9-11-13-15-17-19-21-23-25-27-29(31(3)4)30(32(5)6)28-26-24-22-20-18-16-14-12-10-8-2/h29-30H,7-28H2,1-6H3. The van der Waals surface area contributed by atoms with Crippen LogP contribution in [0.5, 0.6) is 0 Å². The highest BCUT2D eigenvalue weighted by molar-refractivity contribution is 4.82. The lowest BCUT2D eigenvalue weighted by molar-refractivity contribution is 0.130. The van der Waals surface area contributed by atoms with E-state index in [9.17, 15) is 0 Å². The van der Waals surface area contributed by atoms with E-state index in [2.05, 4.69) is 51.8 Å². The van der Waals surface area contributed by atoms with E-state index in [-0.39, 0.29) is 0 Å². The smallest absolute Gasteiger partial charge is 0.0245 e. The van der Waals surface area contributed by atoms with Crippen LogP contribution < -0.4 is 0 Å². The highest BCUT2D eigenvalue weighted by Gasteiger charge is 2.24. The second-order valence-corrected chi connectivity index (χ2v) is 11.0. The van der Waals surface area contributed by atoms with Crippen molar-refractivity contribution in [3.05, 3.63) is 0 Å². The largest absolute Gasteiger partial charge is 0.305 e. The van der Waals surface area contributed by atoms with Gasteiger partial charge in [0, 0.05) is 12.1 Å². The molecule has 0 amide bonds. The monoisotopic (exact) mass is 453 g/mol. The third-order valence-electron chi connectivity index (χ3n) is 7.48. The first-order chi connectivity index (χ1) is 15.5. The molecule has 0 aliphatic carbocycles. The maximum atomic E-state index is 2.51. The minimum absolute atomic E-state index is 0.706. The maximum Gasteiger partial charge on any atom is 0.0245 e. The molecule has 0 saturated heterocycles. The Kier molecular flexibility index (Phi) is 24.0.